The summed E-state index contributed by atoms with van der Waals surface area (Å²) in [4.78, 5) is 11.5. The van der Waals surface area contributed by atoms with Gasteiger partial charge in [0.1, 0.15) is 0 Å². The molecule has 0 saturated heterocycles. The number of hydrogen-bond donors (Lipinski definition) is 1. The number of aromatic nitrogens is 2. The average molecular weight is 236 g/mol. The van der Waals surface area contributed by atoms with Gasteiger partial charge in [-0.05, 0) is 33.3 Å². The summed E-state index contributed by atoms with van der Waals surface area (Å²) < 4.78 is 1.84. The van der Waals surface area contributed by atoms with E-state index in [0.29, 0.717) is 13.0 Å². The predicted molar refractivity (Wildman–Crippen MR) is 67.9 cm³/mol. The molecule has 1 N–H and O–H groups in total. The molecule has 5 nitrogen and oxygen atoms in total. The summed E-state index contributed by atoms with van der Waals surface area (Å²) in [5.74, 6) is -0.0784. The third-order valence-electron chi connectivity index (χ3n) is 2.54. The topological polar surface area (TPSA) is 59.3 Å². The van der Waals surface area contributed by atoms with Crippen LogP contribution in [-0.2, 0) is 11.3 Å². The fourth-order valence-electron chi connectivity index (χ4n) is 1.40. The standard InChI is InChI=1S/C12H20N4O/c1-5-9(2)13-14-12(17)6-7-16-11(4)8-10(3)15-16/h8H,5-7H2,1-4H3,(H,14,17)/b13-9-. The third-order valence-corrected chi connectivity index (χ3v) is 2.54. The minimum Gasteiger partial charge on any atom is -0.273 e. The van der Waals surface area contributed by atoms with E-state index in [1.54, 1.807) is 0 Å². The van der Waals surface area contributed by atoms with Crippen LogP contribution >= 0.6 is 0 Å². The van der Waals surface area contributed by atoms with Crippen LogP contribution < -0.4 is 5.43 Å². The Morgan fingerprint density at radius 3 is 2.76 bits per heavy atom. The normalized spacial score (nSPS) is 11.6. The summed E-state index contributed by atoms with van der Waals surface area (Å²) in [7, 11) is 0. The molecule has 0 bridgehead atoms. The van der Waals surface area contributed by atoms with E-state index in [1.165, 1.54) is 0 Å². The Morgan fingerprint density at radius 2 is 2.24 bits per heavy atom. The van der Waals surface area contributed by atoms with Crippen LogP contribution in [0, 0.1) is 13.8 Å². The maximum absolute atomic E-state index is 11.5. The van der Waals surface area contributed by atoms with Gasteiger partial charge in [-0.1, -0.05) is 6.92 Å². The van der Waals surface area contributed by atoms with E-state index < -0.39 is 0 Å². The highest BCUT2D eigenvalue weighted by molar-refractivity contribution is 5.84. The van der Waals surface area contributed by atoms with Crippen molar-refractivity contribution >= 4 is 11.6 Å². The number of hydrazone groups is 1. The molecule has 0 aromatic carbocycles. The molecule has 0 atom stereocenters. The van der Waals surface area contributed by atoms with E-state index in [4.69, 9.17) is 0 Å². The van der Waals surface area contributed by atoms with E-state index in [1.807, 2.05) is 38.4 Å². The van der Waals surface area contributed by atoms with Crippen molar-refractivity contribution in [2.24, 2.45) is 5.10 Å². The second-order valence-electron chi connectivity index (χ2n) is 4.14. The van der Waals surface area contributed by atoms with Gasteiger partial charge < -0.3 is 0 Å². The van der Waals surface area contributed by atoms with Crippen molar-refractivity contribution in [1.82, 2.24) is 15.2 Å². The van der Waals surface area contributed by atoms with E-state index in [2.05, 4.69) is 15.6 Å². The quantitative estimate of drug-likeness (QED) is 0.626. The van der Waals surface area contributed by atoms with Crippen LogP contribution in [0.3, 0.4) is 0 Å². The largest absolute Gasteiger partial charge is 0.273 e. The van der Waals surface area contributed by atoms with Crippen LogP contribution in [0.2, 0.25) is 0 Å². The Bertz CT molecular complexity index is 420. The van der Waals surface area contributed by atoms with Crippen LogP contribution in [0.4, 0.5) is 0 Å². The van der Waals surface area contributed by atoms with Crippen molar-refractivity contribution in [2.45, 2.75) is 47.1 Å². The molecule has 0 radical (unpaired) electrons. The van der Waals surface area contributed by atoms with Crippen molar-refractivity contribution in [2.75, 3.05) is 0 Å². The van der Waals surface area contributed by atoms with Gasteiger partial charge in [-0.15, -0.1) is 0 Å². The van der Waals surface area contributed by atoms with Gasteiger partial charge in [-0.3, -0.25) is 9.48 Å². The number of amides is 1. The first-order valence-corrected chi connectivity index (χ1v) is 5.86. The minimum absolute atomic E-state index is 0.0784. The van der Waals surface area contributed by atoms with Crippen molar-refractivity contribution < 1.29 is 4.79 Å². The van der Waals surface area contributed by atoms with Gasteiger partial charge in [0.25, 0.3) is 0 Å². The molecule has 1 amide bonds. The molecule has 0 aliphatic carbocycles. The molecule has 0 fully saturated rings. The summed E-state index contributed by atoms with van der Waals surface area (Å²) in [6.45, 7) is 8.41. The first-order chi connectivity index (χ1) is 8.02. The van der Waals surface area contributed by atoms with Crippen molar-refractivity contribution in [3.8, 4) is 0 Å². The fraction of sp³-hybridized carbons (Fsp3) is 0.583. The van der Waals surface area contributed by atoms with Crippen molar-refractivity contribution in [3.05, 3.63) is 17.5 Å². The van der Waals surface area contributed by atoms with Crippen LogP contribution in [0.1, 0.15) is 38.1 Å². The maximum atomic E-state index is 11.5. The highest BCUT2D eigenvalue weighted by Gasteiger charge is 2.04. The highest BCUT2D eigenvalue weighted by Crippen LogP contribution is 2.02. The summed E-state index contributed by atoms with van der Waals surface area (Å²) in [5.41, 5.74) is 5.51. The van der Waals surface area contributed by atoms with Crippen LogP contribution in [0.15, 0.2) is 11.2 Å². The maximum Gasteiger partial charge on any atom is 0.241 e. The molecule has 0 aliphatic heterocycles. The number of carbonyl (C=O) groups is 1. The molecule has 1 aromatic rings. The van der Waals surface area contributed by atoms with Crippen LogP contribution in [0.5, 0.6) is 0 Å². The smallest absolute Gasteiger partial charge is 0.241 e. The van der Waals surface area contributed by atoms with E-state index in [9.17, 15) is 4.79 Å². The third kappa shape index (κ3) is 4.38. The molecule has 0 unspecified atom stereocenters. The first kappa shape index (κ1) is 13.4. The van der Waals surface area contributed by atoms with Gasteiger partial charge in [0, 0.05) is 17.8 Å². The number of nitrogens with one attached hydrogen (secondary N) is 1. The summed E-state index contributed by atoms with van der Waals surface area (Å²) >= 11 is 0. The second-order valence-corrected chi connectivity index (χ2v) is 4.14. The molecule has 1 rings (SSSR count). The number of nitrogens with zero attached hydrogens (tertiary/aromatic N) is 3. The van der Waals surface area contributed by atoms with Gasteiger partial charge in [-0.25, -0.2) is 5.43 Å². The number of aryl methyl sites for hydroxylation is 3. The van der Waals surface area contributed by atoms with Gasteiger partial charge in [0.2, 0.25) is 5.91 Å². The van der Waals surface area contributed by atoms with E-state index in [-0.39, 0.29) is 5.91 Å². The fourth-order valence-corrected chi connectivity index (χ4v) is 1.40. The van der Waals surface area contributed by atoms with Gasteiger partial charge in [0.05, 0.1) is 12.2 Å². The molecule has 0 aliphatic rings. The molecule has 1 aromatic heterocycles. The monoisotopic (exact) mass is 236 g/mol. The Hall–Kier alpha value is -1.65. The molecule has 0 spiro atoms. The molecule has 17 heavy (non-hydrogen) atoms. The predicted octanol–water partition coefficient (Wildman–Crippen LogP) is 1.79. The zero-order valence-corrected chi connectivity index (χ0v) is 10.9. The number of carbonyl (C=O) groups excluding carboxylic acids is 1. The highest BCUT2D eigenvalue weighted by atomic mass is 16.2. The Kier molecular flexibility index (Phi) is 4.87. The van der Waals surface area contributed by atoms with Crippen LogP contribution in [0.25, 0.3) is 0 Å². The minimum atomic E-state index is -0.0784. The lowest BCUT2D eigenvalue weighted by Gasteiger charge is -2.04. The molecule has 5 heteroatoms. The van der Waals surface area contributed by atoms with E-state index >= 15 is 0 Å². The van der Waals surface area contributed by atoms with Gasteiger partial charge in [-0.2, -0.15) is 10.2 Å². The number of rotatable bonds is 5. The molecule has 0 saturated carbocycles. The van der Waals surface area contributed by atoms with Gasteiger partial charge >= 0.3 is 0 Å². The van der Waals surface area contributed by atoms with Crippen LogP contribution in [-0.4, -0.2) is 21.4 Å². The summed E-state index contributed by atoms with van der Waals surface area (Å²) in [5, 5.41) is 8.26. The SMILES string of the molecule is CC/C(C)=N\NC(=O)CCn1nc(C)cc1C. The van der Waals surface area contributed by atoms with E-state index in [0.717, 1.165) is 23.5 Å². The second kappa shape index (κ2) is 6.18. The molecular formula is C12H20N4O. The molecule has 94 valence electrons. The average Bonchev–Trinajstić information content (AvgIpc) is 2.62. The zero-order valence-electron chi connectivity index (χ0n) is 10.9. The first-order valence-electron chi connectivity index (χ1n) is 5.86. The molecule has 1 heterocycles. The van der Waals surface area contributed by atoms with Crippen molar-refractivity contribution in [1.29, 1.82) is 0 Å². The lowest BCUT2D eigenvalue weighted by molar-refractivity contribution is -0.121. The lowest BCUT2D eigenvalue weighted by atomic mass is 10.3. The lowest BCUT2D eigenvalue weighted by Crippen LogP contribution is -2.21. The summed E-state index contributed by atoms with van der Waals surface area (Å²) in [6.07, 6.45) is 1.24. The van der Waals surface area contributed by atoms with Crippen molar-refractivity contribution in [3.63, 3.8) is 0 Å². The Morgan fingerprint density at radius 1 is 1.53 bits per heavy atom. The molecular weight excluding hydrogens is 216 g/mol. The Labute approximate surface area is 102 Å². The summed E-state index contributed by atoms with van der Waals surface area (Å²) in [6, 6.07) is 2.00. The zero-order chi connectivity index (χ0) is 12.8. The Balaban J connectivity index is 2.41. The number of hydrogen-bond acceptors (Lipinski definition) is 3. The van der Waals surface area contributed by atoms with Gasteiger partial charge in [0.15, 0.2) is 0 Å².